The third kappa shape index (κ3) is 4.85. The van der Waals surface area contributed by atoms with Gasteiger partial charge in [-0.15, -0.1) is 0 Å². The van der Waals surface area contributed by atoms with E-state index in [0.717, 1.165) is 38.1 Å². The zero-order valence-electron chi connectivity index (χ0n) is 12.3. The van der Waals surface area contributed by atoms with Gasteiger partial charge in [-0.2, -0.15) is 0 Å². The van der Waals surface area contributed by atoms with Crippen LogP contribution in [0.3, 0.4) is 0 Å². The van der Waals surface area contributed by atoms with Crippen LogP contribution in [-0.2, 0) is 11.2 Å². The van der Waals surface area contributed by atoms with Crippen molar-refractivity contribution >= 4 is 11.6 Å². The Balaban J connectivity index is 1.77. The lowest BCUT2D eigenvalue weighted by molar-refractivity contribution is 0.0129. The van der Waals surface area contributed by atoms with E-state index >= 15 is 0 Å². The van der Waals surface area contributed by atoms with Crippen molar-refractivity contribution in [2.75, 3.05) is 18.5 Å². The Kier molecular flexibility index (Phi) is 5.87. The molecule has 4 nitrogen and oxygen atoms in total. The summed E-state index contributed by atoms with van der Waals surface area (Å²) in [7, 11) is 0. The summed E-state index contributed by atoms with van der Waals surface area (Å²) in [4.78, 5) is 4.37. The van der Waals surface area contributed by atoms with Crippen LogP contribution in [0, 0.1) is 0 Å². The first-order valence-electron chi connectivity index (χ1n) is 7.55. The summed E-state index contributed by atoms with van der Waals surface area (Å²) in [5, 5.41) is 3.14. The number of aryl methyl sites for hydroxylation is 1. The van der Waals surface area contributed by atoms with Crippen LogP contribution in [0.25, 0.3) is 0 Å². The molecule has 4 heteroatoms. The molecule has 1 aliphatic rings. The maximum absolute atomic E-state index is 5.91. The smallest absolute Gasteiger partial charge is 0.193 e. The molecule has 0 aliphatic carbocycles. The van der Waals surface area contributed by atoms with Crippen LogP contribution in [0.5, 0.6) is 0 Å². The molecule has 1 unspecified atom stereocenters. The predicted octanol–water partition coefficient (Wildman–Crippen LogP) is 2.93. The summed E-state index contributed by atoms with van der Waals surface area (Å²) in [6, 6.07) is 8.25. The molecule has 1 aliphatic heterocycles. The van der Waals surface area contributed by atoms with Gasteiger partial charge in [0.1, 0.15) is 0 Å². The lowest BCUT2D eigenvalue weighted by atomic mass is 10.1. The van der Waals surface area contributed by atoms with E-state index in [1.807, 2.05) is 12.1 Å². The Morgan fingerprint density at radius 1 is 1.45 bits per heavy atom. The molecule has 0 amide bonds. The topological polar surface area (TPSA) is 59.6 Å². The summed E-state index contributed by atoms with van der Waals surface area (Å²) in [6.45, 7) is 3.75. The first-order valence-corrected chi connectivity index (χ1v) is 7.55. The summed E-state index contributed by atoms with van der Waals surface area (Å²) in [6.07, 6.45) is 5.96. The van der Waals surface area contributed by atoms with Gasteiger partial charge in [0.25, 0.3) is 0 Å². The van der Waals surface area contributed by atoms with Crippen molar-refractivity contribution in [3.8, 4) is 0 Å². The molecule has 1 saturated heterocycles. The molecule has 2 rings (SSSR count). The first kappa shape index (κ1) is 14.9. The third-order valence-corrected chi connectivity index (χ3v) is 3.61. The van der Waals surface area contributed by atoms with Gasteiger partial charge in [0.05, 0.1) is 6.10 Å². The second kappa shape index (κ2) is 7.90. The molecule has 20 heavy (non-hydrogen) atoms. The highest BCUT2D eigenvalue weighted by molar-refractivity contribution is 5.92. The zero-order valence-corrected chi connectivity index (χ0v) is 12.3. The van der Waals surface area contributed by atoms with Gasteiger partial charge in [-0.25, -0.2) is 0 Å². The van der Waals surface area contributed by atoms with Gasteiger partial charge >= 0.3 is 0 Å². The van der Waals surface area contributed by atoms with Gasteiger partial charge in [0, 0.05) is 18.8 Å². The van der Waals surface area contributed by atoms with E-state index in [1.165, 1.54) is 18.4 Å². The van der Waals surface area contributed by atoms with Gasteiger partial charge in [-0.1, -0.05) is 19.1 Å². The Bertz CT molecular complexity index is 439. The van der Waals surface area contributed by atoms with E-state index in [1.54, 1.807) is 0 Å². The number of hydrogen-bond donors (Lipinski definition) is 2. The van der Waals surface area contributed by atoms with Crippen molar-refractivity contribution in [1.29, 1.82) is 0 Å². The molecule has 0 saturated carbocycles. The van der Waals surface area contributed by atoms with Crippen molar-refractivity contribution in [3.63, 3.8) is 0 Å². The Labute approximate surface area is 121 Å². The van der Waals surface area contributed by atoms with Crippen LogP contribution in [0.1, 0.15) is 38.2 Å². The molecular weight excluding hydrogens is 250 g/mol. The monoisotopic (exact) mass is 275 g/mol. The quantitative estimate of drug-likeness (QED) is 0.641. The molecular formula is C16H25N3O. The van der Waals surface area contributed by atoms with Gasteiger partial charge in [-0.05, 0) is 49.8 Å². The van der Waals surface area contributed by atoms with Crippen molar-refractivity contribution in [2.24, 2.45) is 10.7 Å². The minimum atomic E-state index is 0.365. The zero-order chi connectivity index (χ0) is 14.2. The number of ether oxygens (including phenoxy) is 1. The number of hydrogen-bond acceptors (Lipinski definition) is 2. The number of benzene rings is 1. The summed E-state index contributed by atoms with van der Waals surface area (Å²) in [5.74, 6) is 0.481. The fourth-order valence-electron chi connectivity index (χ4n) is 2.42. The lowest BCUT2D eigenvalue weighted by Gasteiger charge is -2.21. The number of nitrogens with zero attached hydrogens (tertiary/aromatic N) is 1. The Morgan fingerprint density at radius 3 is 3.10 bits per heavy atom. The predicted molar refractivity (Wildman–Crippen MR) is 84.1 cm³/mol. The average Bonchev–Trinajstić information content (AvgIpc) is 2.48. The van der Waals surface area contributed by atoms with Crippen LogP contribution >= 0.6 is 0 Å². The fraction of sp³-hybridized carbons (Fsp3) is 0.562. The highest BCUT2D eigenvalue weighted by Gasteiger charge is 2.12. The minimum absolute atomic E-state index is 0.365. The molecule has 3 N–H and O–H groups in total. The van der Waals surface area contributed by atoms with Gasteiger partial charge in [0.15, 0.2) is 5.96 Å². The second-order valence-corrected chi connectivity index (χ2v) is 5.22. The maximum Gasteiger partial charge on any atom is 0.193 e. The van der Waals surface area contributed by atoms with Crippen LogP contribution in [-0.4, -0.2) is 25.2 Å². The molecule has 0 aromatic heterocycles. The van der Waals surface area contributed by atoms with Crippen LogP contribution < -0.4 is 11.1 Å². The normalized spacial score (nSPS) is 19.9. The van der Waals surface area contributed by atoms with Crippen molar-refractivity contribution < 1.29 is 4.74 Å². The second-order valence-electron chi connectivity index (χ2n) is 5.22. The molecule has 0 spiro atoms. The summed E-state index contributed by atoms with van der Waals surface area (Å²) < 4.78 is 5.68. The summed E-state index contributed by atoms with van der Waals surface area (Å²) >= 11 is 0. The van der Waals surface area contributed by atoms with E-state index in [2.05, 4.69) is 29.4 Å². The van der Waals surface area contributed by atoms with E-state index < -0.39 is 0 Å². The molecule has 0 bridgehead atoms. The highest BCUT2D eigenvalue weighted by Crippen LogP contribution is 2.15. The number of rotatable bonds is 5. The van der Waals surface area contributed by atoms with Crippen molar-refractivity contribution in [3.05, 3.63) is 29.8 Å². The van der Waals surface area contributed by atoms with E-state index in [9.17, 15) is 0 Å². The molecule has 110 valence electrons. The number of guanidine groups is 1. The number of anilines is 1. The number of nitrogens with two attached hydrogens (primary N) is 1. The standard InChI is InChI=1S/C16H25N3O/c1-2-13-6-5-7-14(12-13)19-16(17)18-10-9-15-8-3-4-11-20-15/h5-7,12,15H,2-4,8-11H2,1H3,(H3,17,18,19). The maximum atomic E-state index is 5.91. The Morgan fingerprint density at radius 2 is 2.35 bits per heavy atom. The molecule has 1 aromatic carbocycles. The fourth-order valence-corrected chi connectivity index (χ4v) is 2.42. The van der Waals surface area contributed by atoms with E-state index in [0.29, 0.717) is 12.1 Å². The molecule has 1 heterocycles. The molecule has 1 aromatic rings. The van der Waals surface area contributed by atoms with E-state index in [-0.39, 0.29) is 0 Å². The van der Waals surface area contributed by atoms with E-state index in [4.69, 9.17) is 10.5 Å². The largest absolute Gasteiger partial charge is 0.378 e. The van der Waals surface area contributed by atoms with Gasteiger partial charge < -0.3 is 15.8 Å². The third-order valence-electron chi connectivity index (χ3n) is 3.61. The summed E-state index contributed by atoms with van der Waals surface area (Å²) in [5.41, 5.74) is 8.20. The number of nitrogens with one attached hydrogen (secondary N) is 1. The van der Waals surface area contributed by atoms with Crippen LogP contribution in [0.15, 0.2) is 29.3 Å². The average molecular weight is 275 g/mol. The minimum Gasteiger partial charge on any atom is -0.378 e. The lowest BCUT2D eigenvalue weighted by Crippen LogP contribution is -2.24. The molecule has 1 atom stereocenters. The Hall–Kier alpha value is -1.55. The van der Waals surface area contributed by atoms with Crippen LogP contribution in [0.2, 0.25) is 0 Å². The van der Waals surface area contributed by atoms with Gasteiger partial charge in [-0.3, -0.25) is 4.99 Å². The van der Waals surface area contributed by atoms with Crippen molar-refractivity contribution in [1.82, 2.24) is 0 Å². The molecule has 0 radical (unpaired) electrons. The van der Waals surface area contributed by atoms with Crippen LogP contribution in [0.4, 0.5) is 5.69 Å². The first-order chi connectivity index (χ1) is 9.78. The molecule has 1 fully saturated rings. The van der Waals surface area contributed by atoms with Crippen molar-refractivity contribution in [2.45, 2.75) is 45.1 Å². The van der Waals surface area contributed by atoms with Gasteiger partial charge in [0.2, 0.25) is 0 Å². The number of aliphatic imine (C=N–C) groups is 1. The highest BCUT2D eigenvalue weighted by atomic mass is 16.5. The SMILES string of the molecule is CCc1cccc(NC(N)=NCCC2CCCCO2)c1.